The molecule has 11 heteroatoms. The number of nitrogens with one attached hydrogen (secondary N) is 1. The van der Waals surface area contributed by atoms with Gasteiger partial charge in [-0.25, -0.2) is 22.4 Å². The maximum Gasteiger partial charge on any atom is 0.416 e. The number of thiophene rings is 1. The number of ether oxygens (including phenoxy) is 1. The third-order valence-electron chi connectivity index (χ3n) is 4.75. The Balaban J connectivity index is 1.77. The number of hydrogen-bond donors (Lipinski definition) is 1. The van der Waals surface area contributed by atoms with Crippen LogP contribution < -0.4 is 5.32 Å². The molecular formula is C18H17N3O5S3. The van der Waals surface area contributed by atoms with Gasteiger partial charge in [-0.2, -0.15) is 0 Å². The van der Waals surface area contributed by atoms with Gasteiger partial charge >= 0.3 is 6.09 Å². The molecule has 0 spiro atoms. The van der Waals surface area contributed by atoms with Crippen LogP contribution in [0.15, 0.2) is 46.7 Å². The van der Waals surface area contributed by atoms with Crippen molar-refractivity contribution in [3.63, 3.8) is 0 Å². The van der Waals surface area contributed by atoms with Crippen molar-refractivity contribution in [2.45, 2.75) is 23.9 Å². The van der Waals surface area contributed by atoms with Crippen LogP contribution in [0.3, 0.4) is 0 Å². The monoisotopic (exact) mass is 451 g/mol. The number of thiocarbonyl (C=S) groups is 1. The predicted molar refractivity (Wildman–Crippen MR) is 110 cm³/mol. The van der Waals surface area contributed by atoms with E-state index >= 15 is 0 Å². The number of nitrogens with zero attached hydrogens (tertiary/aromatic N) is 2. The van der Waals surface area contributed by atoms with E-state index in [1.807, 2.05) is 6.92 Å². The van der Waals surface area contributed by atoms with Crippen molar-refractivity contribution in [1.82, 2.24) is 14.5 Å². The minimum Gasteiger partial charge on any atom is -0.447 e. The van der Waals surface area contributed by atoms with Crippen LogP contribution in [0.5, 0.6) is 0 Å². The molecule has 1 N–H and O–H groups in total. The van der Waals surface area contributed by atoms with E-state index in [9.17, 15) is 18.0 Å². The number of aryl methyl sites for hydroxylation is 1. The van der Waals surface area contributed by atoms with Gasteiger partial charge in [0, 0.05) is 4.88 Å². The molecule has 2 amide bonds. The van der Waals surface area contributed by atoms with Gasteiger partial charge in [-0.3, -0.25) is 4.79 Å². The quantitative estimate of drug-likeness (QED) is 0.711. The number of rotatable bonds is 4. The largest absolute Gasteiger partial charge is 0.447 e. The molecule has 0 unspecified atom stereocenters. The average molecular weight is 452 g/mol. The number of carbonyl (C=O) groups excluding carboxylic acids is 2. The van der Waals surface area contributed by atoms with Crippen LogP contribution in [0.4, 0.5) is 4.79 Å². The van der Waals surface area contributed by atoms with Gasteiger partial charge in [0.15, 0.2) is 5.11 Å². The Morgan fingerprint density at radius 1 is 1.28 bits per heavy atom. The van der Waals surface area contributed by atoms with Gasteiger partial charge in [-0.15, -0.1) is 11.3 Å². The molecule has 4 rings (SSSR count). The third-order valence-corrected chi connectivity index (χ3v) is 7.92. The molecule has 2 aromatic rings. The molecule has 0 saturated carbocycles. The molecule has 1 aromatic heterocycles. The van der Waals surface area contributed by atoms with Crippen LogP contribution >= 0.6 is 23.6 Å². The zero-order valence-corrected chi connectivity index (χ0v) is 17.7. The SMILES string of the molecule is Cc1ccc(S(=O)(=O)N2C(=S)N[C@H](C(=O)N3CCOC3=O)[C@@H]2c2cccs2)cc1. The van der Waals surface area contributed by atoms with E-state index in [-0.39, 0.29) is 23.2 Å². The summed E-state index contributed by atoms with van der Waals surface area (Å²) in [6.45, 7) is 2.08. The molecule has 2 fully saturated rings. The molecule has 1 aromatic carbocycles. The Bertz CT molecular complexity index is 1070. The van der Waals surface area contributed by atoms with E-state index in [1.165, 1.54) is 23.5 Å². The van der Waals surface area contributed by atoms with Crippen LogP contribution in [0, 0.1) is 6.92 Å². The van der Waals surface area contributed by atoms with Gasteiger partial charge in [0.2, 0.25) is 0 Å². The molecule has 152 valence electrons. The second kappa shape index (κ2) is 7.39. The van der Waals surface area contributed by atoms with E-state index in [1.54, 1.807) is 29.6 Å². The van der Waals surface area contributed by atoms with Crippen molar-refractivity contribution >= 4 is 50.7 Å². The number of imide groups is 1. The van der Waals surface area contributed by atoms with Crippen LogP contribution in [0.2, 0.25) is 0 Å². The highest BCUT2D eigenvalue weighted by atomic mass is 32.2. The molecule has 29 heavy (non-hydrogen) atoms. The number of cyclic esters (lactones) is 1. The van der Waals surface area contributed by atoms with E-state index in [0.717, 1.165) is 14.8 Å². The van der Waals surface area contributed by atoms with E-state index in [2.05, 4.69) is 5.32 Å². The zero-order valence-electron chi connectivity index (χ0n) is 15.3. The van der Waals surface area contributed by atoms with E-state index < -0.39 is 34.1 Å². The van der Waals surface area contributed by atoms with Gasteiger partial charge in [-0.05, 0) is 42.7 Å². The number of benzene rings is 1. The molecule has 2 saturated heterocycles. The second-order valence-electron chi connectivity index (χ2n) is 6.61. The molecule has 2 atom stereocenters. The maximum atomic E-state index is 13.4. The molecule has 0 bridgehead atoms. The summed E-state index contributed by atoms with van der Waals surface area (Å²) < 4.78 is 32.7. The number of carbonyl (C=O) groups is 2. The molecule has 0 radical (unpaired) electrons. The average Bonchev–Trinajstić information content (AvgIpc) is 3.41. The van der Waals surface area contributed by atoms with Crippen molar-refractivity contribution in [2.75, 3.05) is 13.2 Å². The van der Waals surface area contributed by atoms with Gasteiger partial charge in [0.05, 0.1) is 11.4 Å². The number of hydrogen-bond acceptors (Lipinski definition) is 7. The minimum absolute atomic E-state index is 0.0717. The van der Waals surface area contributed by atoms with Crippen molar-refractivity contribution in [2.24, 2.45) is 0 Å². The molecular weight excluding hydrogens is 434 g/mol. The summed E-state index contributed by atoms with van der Waals surface area (Å²) in [5.41, 5.74) is 0.918. The van der Waals surface area contributed by atoms with Crippen molar-refractivity contribution in [3.8, 4) is 0 Å². The summed E-state index contributed by atoms with van der Waals surface area (Å²) in [6, 6.07) is 7.97. The van der Waals surface area contributed by atoms with E-state index in [0.29, 0.717) is 4.88 Å². The van der Waals surface area contributed by atoms with Crippen molar-refractivity contribution < 1.29 is 22.7 Å². The first-order valence-electron chi connectivity index (χ1n) is 8.74. The summed E-state index contributed by atoms with van der Waals surface area (Å²) >= 11 is 6.63. The Kier molecular flexibility index (Phi) is 5.05. The first kappa shape index (κ1) is 19.8. The predicted octanol–water partition coefficient (Wildman–Crippen LogP) is 2.02. The Hall–Kier alpha value is -2.50. The second-order valence-corrected chi connectivity index (χ2v) is 9.79. The summed E-state index contributed by atoms with van der Waals surface area (Å²) in [5.74, 6) is -0.574. The van der Waals surface area contributed by atoms with Gasteiger partial charge in [0.1, 0.15) is 18.7 Å². The highest BCUT2D eigenvalue weighted by Crippen LogP contribution is 2.38. The van der Waals surface area contributed by atoms with Crippen LogP contribution in [0.1, 0.15) is 16.5 Å². The summed E-state index contributed by atoms with van der Waals surface area (Å²) in [4.78, 5) is 26.6. The normalized spacial score (nSPS) is 22.0. The minimum atomic E-state index is -4.03. The lowest BCUT2D eigenvalue weighted by atomic mass is 10.1. The molecule has 2 aliphatic heterocycles. The van der Waals surface area contributed by atoms with E-state index in [4.69, 9.17) is 17.0 Å². The topological polar surface area (TPSA) is 96.0 Å². The fourth-order valence-corrected chi connectivity index (χ4v) is 6.28. The van der Waals surface area contributed by atoms with Crippen molar-refractivity contribution in [1.29, 1.82) is 0 Å². The Morgan fingerprint density at radius 2 is 2.00 bits per heavy atom. The smallest absolute Gasteiger partial charge is 0.416 e. The maximum absolute atomic E-state index is 13.4. The highest BCUT2D eigenvalue weighted by Gasteiger charge is 2.51. The van der Waals surface area contributed by atoms with Crippen molar-refractivity contribution in [3.05, 3.63) is 52.2 Å². The first-order chi connectivity index (χ1) is 13.8. The Morgan fingerprint density at radius 3 is 2.59 bits per heavy atom. The highest BCUT2D eigenvalue weighted by molar-refractivity contribution is 7.91. The lowest BCUT2D eigenvalue weighted by Gasteiger charge is -2.26. The lowest BCUT2D eigenvalue weighted by Crippen LogP contribution is -2.47. The van der Waals surface area contributed by atoms with Gasteiger partial charge in [0.25, 0.3) is 15.9 Å². The summed E-state index contributed by atoms with van der Waals surface area (Å²) in [7, 11) is -4.03. The zero-order chi connectivity index (χ0) is 20.8. The Labute approximate surface area is 177 Å². The number of amides is 2. The third kappa shape index (κ3) is 3.38. The number of sulfonamides is 1. The standard InChI is InChI=1S/C18H17N3O5S3/c1-11-4-6-12(7-5-11)29(24,25)21-15(13-3-2-10-28-13)14(19-17(21)27)16(22)20-8-9-26-18(20)23/h2-7,10,14-15H,8-9H2,1H3,(H,19,27)/t14-,15-/m0/s1. The molecule has 2 aliphatic rings. The van der Waals surface area contributed by atoms with Gasteiger partial charge in [-0.1, -0.05) is 23.8 Å². The first-order valence-corrected chi connectivity index (χ1v) is 11.5. The van der Waals surface area contributed by atoms with Crippen LogP contribution in [-0.2, 0) is 19.6 Å². The molecule has 0 aliphatic carbocycles. The summed E-state index contributed by atoms with van der Waals surface area (Å²) in [5, 5.41) is 4.52. The van der Waals surface area contributed by atoms with Crippen LogP contribution in [-0.4, -0.2) is 53.9 Å². The van der Waals surface area contributed by atoms with Crippen LogP contribution in [0.25, 0.3) is 0 Å². The fraction of sp³-hybridized carbons (Fsp3) is 0.278. The van der Waals surface area contributed by atoms with Gasteiger partial charge < -0.3 is 10.1 Å². The summed E-state index contributed by atoms with van der Waals surface area (Å²) in [6.07, 6.45) is -0.743. The lowest BCUT2D eigenvalue weighted by molar-refractivity contribution is -0.130. The molecule has 8 nitrogen and oxygen atoms in total. The molecule has 3 heterocycles. The fourth-order valence-electron chi connectivity index (χ4n) is 3.32.